The molecule has 0 saturated carbocycles. The first-order valence-electron chi connectivity index (χ1n) is 5.33. The molecule has 0 amide bonds. The average molecular weight is 281 g/mol. The molecule has 0 saturated heterocycles. The summed E-state index contributed by atoms with van der Waals surface area (Å²) in [5, 5.41) is 0.950. The Morgan fingerprint density at radius 1 is 0.944 bits per heavy atom. The minimum Gasteiger partial charge on any atom is -0.457 e. The van der Waals surface area contributed by atoms with Crippen LogP contribution in [0.1, 0.15) is 15.9 Å². The van der Waals surface area contributed by atoms with Crippen molar-refractivity contribution in [1.29, 1.82) is 0 Å². The van der Waals surface area contributed by atoms with E-state index in [0.29, 0.717) is 15.6 Å². The van der Waals surface area contributed by atoms with E-state index in [0.717, 1.165) is 5.56 Å². The largest absolute Gasteiger partial charge is 0.457 e. The van der Waals surface area contributed by atoms with Crippen LogP contribution in [0, 0.1) is 0 Å². The molecule has 18 heavy (non-hydrogen) atoms. The second-order valence-corrected chi connectivity index (χ2v) is 4.46. The molecule has 0 fully saturated rings. The lowest BCUT2D eigenvalue weighted by molar-refractivity contribution is 0.0473. The molecular formula is C14H10Cl2O2. The standard InChI is InChI=1S/C14H10Cl2O2/c15-12-7-3-1-5-10(12)9-18-14(17)11-6-2-4-8-13(11)16/h1-8H,9H2. The van der Waals surface area contributed by atoms with E-state index in [1.54, 1.807) is 30.3 Å². The Kier molecular flexibility index (Phi) is 4.24. The lowest BCUT2D eigenvalue weighted by Gasteiger charge is -2.07. The summed E-state index contributed by atoms with van der Waals surface area (Å²) >= 11 is 11.9. The van der Waals surface area contributed by atoms with Gasteiger partial charge in [0.1, 0.15) is 6.61 Å². The molecule has 0 aliphatic rings. The number of halogens is 2. The minimum absolute atomic E-state index is 0.129. The third-order valence-corrected chi connectivity index (χ3v) is 3.11. The minimum atomic E-state index is -0.458. The van der Waals surface area contributed by atoms with Gasteiger partial charge in [-0.1, -0.05) is 53.5 Å². The van der Waals surface area contributed by atoms with Crippen molar-refractivity contribution in [3.63, 3.8) is 0 Å². The van der Waals surface area contributed by atoms with Crippen LogP contribution in [0.15, 0.2) is 48.5 Å². The van der Waals surface area contributed by atoms with Crippen molar-refractivity contribution in [3.8, 4) is 0 Å². The van der Waals surface area contributed by atoms with Crippen LogP contribution < -0.4 is 0 Å². The Balaban J connectivity index is 2.06. The molecule has 0 aliphatic heterocycles. The van der Waals surface area contributed by atoms with E-state index in [9.17, 15) is 4.79 Å². The second-order valence-electron chi connectivity index (χ2n) is 3.65. The predicted octanol–water partition coefficient (Wildman–Crippen LogP) is 4.35. The van der Waals surface area contributed by atoms with Crippen LogP contribution in [0.3, 0.4) is 0 Å². The van der Waals surface area contributed by atoms with Gasteiger partial charge in [-0.3, -0.25) is 0 Å². The van der Waals surface area contributed by atoms with Crippen LogP contribution in [0.5, 0.6) is 0 Å². The van der Waals surface area contributed by atoms with E-state index in [-0.39, 0.29) is 6.61 Å². The van der Waals surface area contributed by atoms with E-state index in [2.05, 4.69) is 0 Å². The smallest absolute Gasteiger partial charge is 0.339 e. The number of benzene rings is 2. The van der Waals surface area contributed by atoms with E-state index in [4.69, 9.17) is 27.9 Å². The van der Waals surface area contributed by atoms with Crippen LogP contribution in [0.25, 0.3) is 0 Å². The maximum Gasteiger partial charge on any atom is 0.339 e. The molecule has 2 aromatic carbocycles. The molecule has 92 valence electrons. The first-order valence-corrected chi connectivity index (χ1v) is 6.09. The third kappa shape index (κ3) is 3.03. The highest BCUT2D eigenvalue weighted by atomic mass is 35.5. The average Bonchev–Trinajstić information content (AvgIpc) is 2.38. The van der Waals surface area contributed by atoms with Crippen molar-refractivity contribution in [3.05, 3.63) is 69.7 Å². The topological polar surface area (TPSA) is 26.3 Å². The monoisotopic (exact) mass is 280 g/mol. The zero-order valence-electron chi connectivity index (χ0n) is 9.40. The normalized spacial score (nSPS) is 10.1. The van der Waals surface area contributed by atoms with Gasteiger partial charge in [-0.05, 0) is 18.2 Å². The maximum absolute atomic E-state index is 11.8. The molecule has 2 aromatic rings. The highest BCUT2D eigenvalue weighted by Crippen LogP contribution is 2.19. The Hall–Kier alpha value is -1.51. The molecule has 0 heterocycles. The zero-order chi connectivity index (χ0) is 13.0. The van der Waals surface area contributed by atoms with Gasteiger partial charge in [0.25, 0.3) is 0 Å². The summed E-state index contributed by atoms with van der Waals surface area (Å²) in [5.41, 5.74) is 1.12. The van der Waals surface area contributed by atoms with Crippen LogP contribution in [-0.2, 0) is 11.3 Å². The summed E-state index contributed by atoms with van der Waals surface area (Å²) in [5.74, 6) is -0.458. The van der Waals surface area contributed by atoms with Crippen molar-refractivity contribution in [2.45, 2.75) is 6.61 Å². The Morgan fingerprint density at radius 3 is 2.22 bits per heavy atom. The van der Waals surface area contributed by atoms with Gasteiger partial charge in [0.05, 0.1) is 10.6 Å². The maximum atomic E-state index is 11.8. The molecule has 2 rings (SSSR count). The number of rotatable bonds is 3. The van der Waals surface area contributed by atoms with E-state index in [1.807, 2.05) is 18.2 Å². The van der Waals surface area contributed by atoms with Crippen LogP contribution in [0.2, 0.25) is 10.0 Å². The number of carbonyl (C=O) groups is 1. The highest BCUT2D eigenvalue weighted by Gasteiger charge is 2.11. The Labute approximate surface area is 115 Å². The fourth-order valence-electron chi connectivity index (χ4n) is 1.46. The molecule has 0 unspecified atom stereocenters. The summed E-state index contributed by atoms with van der Waals surface area (Å²) in [6, 6.07) is 14.0. The molecule has 0 atom stereocenters. The van der Waals surface area contributed by atoms with Gasteiger partial charge < -0.3 is 4.74 Å². The molecule has 4 heteroatoms. The number of hydrogen-bond donors (Lipinski definition) is 0. The van der Waals surface area contributed by atoms with Gasteiger partial charge in [-0.25, -0.2) is 4.79 Å². The zero-order valence-corrected chi connectivity index (χ0v) is 10.9. The lowest BCUT2D eigenvalue weighted by atomic mass is 10.2. The molecule has 0 bridgehead atoms. The fraction of sp³-hybridized carbons (Fsp3) is 0.0714. The number of hydrogen-bond acceptors (Lipinski definition) is 2. The molecule has 2 nitrogen and oxygen atoms in total. The van der Waals surface area contributed by atoms with Gasteiger partial charge in [0.15, 0.2) is 0 Å². The quantitative estimate of drug-likeness (QED) is 0.782. The van der Waals surface area contributed by atoms with Crippen molar-refractivity contribution < 1.29 is 9.53 Å². The van der Waals surface area contributed by atoms with E-state index < -0.39 is 5.97 Å². The van der Waals surface area contributed by atoms with Crippen molar-refractivity contribution in [2.24, 2.45) is 0 Å². The van der Waals surface area contributed by atoms with E-state index in [1.165, 1.54) is 0 Å². The third-order valence-electron chi connectivity index (χ3n) is 2.41. The van der Waals surface area contributed by atoms with Crippen molar-refractivity contribution in [1.82, 2.24) is 0 Å². The number of esters is 1. The summed E-state index contributed by atoms with van der Waals surface area (Å²) in [6.45, 7) is 0.129. The van der Waals surface area contributed by atoms with Crippen molar-refractivity contribution in [2.75, 3.05) is 0 Å². The summed E-state index contributed by atoms with van der Waals surface area (Å²) in [4.78, 5) is 11.8. The van der Waals surface area contributed by atoms with Crippen LogP contribution in [0.4, 0.5) is 0 Å². The SMILES string of the molecule is O=C(OCc1ccccc1Cl)c1ccccc1Cl. The van der Waals surface area contributed by atoms with Crippen LogP contribution in [-0.4, -0.2) is 5.97 Å². The molecular weight excluding hydrogens is 271 g/mol. The summed E-state index contributed by atoms with van der Waals surface area (Å²) in [6.07, 6.45) is 0. The molecule has 0 spiro atoms. The summed E-state index contributed by atoms with van der Waals surface area (Å²) in [7, 11) is 0. The molecule has 0 N–H and O–H groups in total. The van der Waals surface area contributed by atoms with Gasteiger partial charge >= 0.3 is 5.97 Å². The van der Waals surface area contributed by atoms with Gasteiger partial charge in [0.2, 0.25) is 0 Å². The Bertz CT molecular complexity index is 567. The van der Waals surface area contributed by atoms with Gasteiger partial charge in [-0.15, -0.1) is 0 Å². The molecule has 0 aliphatic carbocycles. The fourth-order valence-corrected chi connectivity index (χ4v) is 1.87. The highest BCUT2D eigenvalue weighted by molar-refractivity contribution is 6.33. The summed E-state index contributed by atoms with van der Waals surface area (Å²) < 4.78 is 5.17. The second kappa shape index (κ2) is 5.89. The van der Waals surface area contributed by atoms with Crippen LogP contribution >= 0.6 is 23.2 Å². The Morgan fingerprint density at radius 2 is 1.56 bits per heavy atom. The van der Waals surface area contributed by atoms with Crippen molar-refractivity contribution >= 4 is 29.2 Å². The van der Waals surface area contributed by atoms with Gasteiger partial charge in [-0.2, -0.15) is 0 Å². The molecule has 0 radical (unpaired) electrons. The van der Waals surface area contributed by atoms with E-state index >= 15 is 0 Å². The van der Waals surface area contributed by atoms with Gasteiger partial charge in [0, 0.05) is 10.6 Å². The number of carbonyl (C=O) groups excluding carboxylic acids is 1. The first-order chi connectivity index (χ1) is 8.68. The number of ether oxygens (including phenoxy) is 1. The molecule has 0 aromatic heterocycles. The predicted molar refractivity (Wildman–Crippen MR) is 72.0 cm³/mol. The lowest BCUT2D eigenvalue weighted by Crippen LogP contribution is -2.06. The first kappa shape index (κ1) is 12.9.